The van der Waals surface area contributed by atoms with Gasteiger partial charge in [0.25, 0.3) is 10.0 Å². The first kappa shape index (κ1) is 17.6. The second-order valence-corrected chi connectivity index (χ2v) is 6.42. The van der Waals surface area contributed by atoms with E-state index in [2.05, 4.69) is 20.5 Å². The molecule has 2 rings (SSSR count). The van der Waals surface area contributed by atoms with Crippen LogP contribution in [0.25, 0.3) is 0 Å². The van der Waals surface area contributed by atoms with Gasteiger partial charge in [0, 0.05) is 19.3 Å². The number of hydrogen-bond acceptors (Lipinski definition) is 8. The Morgan fingerprint density at radius 1 is 1.32 bits per heavy atom. The highest BCUT2D eigenvalue weighted by atomic mass is 32.2. The van der Waals surface area contributed by atoms with Crippen LogP contribution in [-0.4, -0.2) is 35.4 Å². The van der Waals surface area contributed by atoms with Gasteiger partial charge >= 0.3 is 0 Å². The Bertz CT molecular complexity index is 759. The van der Waals surface area contributed by atoms with Crippen molar-refractivity contribution >= 4 is 38.3 Å². The number of anilines is 1. The van der Waals surface area contributed by atoms with E-state index in [1.807, 2.05) is 0 Å². The van der Waals surface area contributed by atoms with Gasteiger partial charge in [-0.3, -0.25) is 14.6 Å². The fourth-order valence-electron chi connectivity index (χ4n) is 1.03. The van der Waals surface area contributed by atoms with E-state index in [0.717, 1.165) is 0 Å². The Balaban J connectivity index is 0.000000235. The summed E-state index contributed by atoms with van der Waals surface area (Å²) < 4.78 is 21.1. The molecule has 0 radical (unpaired) electrons. The van der Waals surface area contributed by atoms with Gasteiger partial charge in [-0.2, -0.15) is 0 Å². The van der Waals surface area contributed by atoms with Crippen molar-refractivity contribution in [2.75, 3.05) is 5.32 Å². The summed E-state index contributed by atoms with van der Waals surface area (Å²) in [5.41, 5.74) is 5.38. The van der Waals surface area contributed by atoms with E-state index in [1.54, 1.807) is 18.3 Å². The molecule has 0 saturated heterocycles. The van der Waals surface area contributed by atoms with E-state index in [4.69, 9.17) is 10.9 Å². The molecule has 5 N–H and O–H groups in total. The summed E-state index contributed by atoms with van der Waals surface area (Å²) in [4.78, 5) is 24.6. The molecule has 0 aliphatic heterocycles. The number of carbonyl (C=O) groups is 2. The third kappa shape index (κ3) is 5.90. The first-order chi connectivity index (χ1) is 10.2. The lowest BCUT2D eigenvalue weighted by atomic mass is 10.3. The summed E-state index contributed by atoms with van der Waals surface area (Å²) in [6.45, 7) is 1.28. The van der Waals surface area contributed by atoms with Crippen LogP contribution in [0.5, 0.6) is 0 Å². The van der Waals surface area contributed by atoms with Crippen LogP contribution in [0.15, 0.2) is 28.9 Å². The number of nitrogens with zero attached hydrogens (tertiary/aromatic N) is 3. The number of hydrogen-bond donors (Lipinski definition) is 3. The molecule has 2 aromatic heterocycles. The number of aromatic nitrogens is 3. The maximum Gasteiger partial charge on any atom is 0.267 e. The minimum atomic E-state index is -3.82. The molecule has 2 aromatic rings. The fourth-order valence-corrected chi connectivity index (χ4v) is 2.41. The van der Waals surface area contributed by atoms with Gasteiger partial charge in [0.1, 0.15) is 0 Å². The predicted molar refractivity (Wildman–Crippen MR) is 78.3 cm³/mol. The zero-order chi connectivity index (χ0) is 16.8. The minimum Gasteiger partial charge on any atom is -0.366 e. The number of nitrogens with two attached hydrogens (primary N) is 2. The Kier molecular flexibility index (Phi) is 6.03. The van der Waals surface area contributed by atoms with Crippen LogP contribution in [0.2, 0.25) is 0 Å². The van der Waals surface area contributed by atoms with Crippen LogP contribution < -0.4 is 16.2 Å². The van der Waals surface area contributed by atoms with E-state index in [0.29, 0.717) is 16.9 Å². The maximum atomic E-state index is 10.7. The van der Waals surface area contributed by atoms with E-state index >= 15 is 0 Å². The second kappa shape index (κ2) is 7.53. The van der Waals surface area contributed by atoms with Crippen molar-refractivity contribution in [2.45, 2.75) is 11.3 Å². The molecule has 2 heterocycles. The van der Waals surface area contributed by atoms with Crippen molar-refractivity contribution in [2.24, 2.45) is 10.9 Å². The summed E-state index contributed by atoms with van der Waals surface area (Å²) >= 11 is 0.701. The second-order valence-electron chi connectivity index (χ2n) is 3.71. The standard InChI is InChI=1S/C6H6N2O.C4H6N4O3S2/c7-6(9)5-2-1-3-8-4-5;1-2(9)6-3-7-8-4(12-3)13(5,10)11/h1-4H,(H2,7,9);1H3,(H2,5,10,11)(H,6,7,9). The molecule has 10 nitrogen and oxygen atoms in total. The molecular formula is C10H12N6O4S2. The van der Waals surface area contributed by atoms with Gasteiger partial charge in [-0.15, -0.1) is 10.2 Å². The average molecular weight is 344 g/mol. The van der Waals surface area contributed by atoms with Gasteiger partial charge in [0.2, 0.25) is 21.3 Å². The molecule has 0 aromatic carbocycles. The third-order valence-corrected chi connectivity index (χ3v) is 4.03. The molecule has 0 unspecified atom stereocenters. The normalized spacial score (nSPS) is 10.3. The number of amides is 2. The van der Waals surface area contributed by atoms with Gasteiger partial charge in [-0.05, 0) is 12.1 Å². The molecule has 22 heavy (non-hydrogen) atoms. The molecule has 12 heteroatoms. The van der Waals surface area contributed by atoms with Gasteiger partial charge in [-0.25, -0.2) is 13.6 Å². The Hall–Kier alpha value is -2.44. The molecule has 0 aliphatic rings. The first-order valence-electron chi connectivity index (χ1n) is 5.54. The molecule has 0 spiro atoms. The van der Waals surface area contributed by atoms with Crippen LogP contribution in [0.4, 0.5) is 5.13 Å². The van der Waals surface area contributed by atoms with Crippen LogP contribution in [0, 0.1) is 0 Å². The Labute approximate surface area is 129 Å². The highest BCUT2D eigenvalue weighted by Crippen LogP contribution is 2.17. The number of sulfonamides is 1. The number of rotatable bonds is 3. The van der Waals surface area contributed by atoms with Crippen molar-refractivity contribution in [3.63, 3.8) is 0 Å². The number of nitrogens with one attached hydrogen (secondary N) is 1. The summed E-state index contributed by atoms with van der Waals surface area (Å²) in [5, 5.41) is 13.8. The van der Waals surface area contributed by atoms with Gasteiger partial charge in [-0.1, -0.05) is 11.3 Å². The molecule has 0 aliphatic carbocycles. The van der Waals surface area contributed by atoms with Gasteiger partial charge in [0.15, 0.2) is 0 Å². The lowest BCUT2D eigenvalue weighted by Gasteiger charge is -1.90. The van der Waals surface area contributed by atoms with Crippen LogP contribution in [-0.2, 0) is 14.8 Å². The molecule has 0 bridgehead atoms. The smallest absolute Gasteiger partial charge is 0.267 e. The molecule has 0 saturated carbocycles. The maximum absolute atomic E-state index is 10.7. The summed E-state index contributed by atoms with van der Waals surface area (Å²) in [6.07, 6.45) is 3.02. The van der Waals surface area contributed by atoms with Crippen molar-refractivity contribution in [1.82, 2.24) is 15.2 Å². The third-order valence-electron chi connectivity index (χ3n) is 1.88. The summed E-state index contributed by atoms with van der Waals surface area (Å²) in [6, 6.07) is 3.29. The fraction of sp³-hybridized carbons (Fsp3) is 0.100. The monoisotopic (exact) mass is 344 g/mol. The zero-order valence-electron chi connectivity index (χ0n) is 11.3. The van der Waals surface area contributed by atoms with Gasteiger partial charge < -0.3 is 11.1 Å². The van der Waals surface area contributed by atoms with Crippen LogP contribution in [0.3, 0.4) is 0 Å². The van der Waals surface area contributed by atoms with E-state index in [1.165, 1.54) is 13.1 Å². The van der Waals surface area contributed by atoms with E-state index < -0.39 is 15.9 Å². The van der Waals surface area contributed by atoms with Crippen molar-refractivity contribution in [3.05, 3.63) is 30.1 Å². The largest absolute Gasteiger partial charge is 0.366 e. The Morgan fingerprint density at radius 3 is 2.36 bits per heavy atom. The molecule has 118 valence electrons. The Morgan fingerprint density at radius 2 is 2.00 bits per heavy atom. The van der Waals surface area contributed by atoms with Crippen molar-refractivity contribution in [3.8, 4) is 0 Å². The van der Waals surface area contributed by atoms with E-state index in [-0.39, 0.29) is 15.4 Å². The SMILES string of the molecule is CC(=O)Nc1nnc(S(N)(=O)=O)s1.NC(=O)c1cccnc1. The van der Waals surface area contributed by atoms with E-state index in [9.17, 15) is 18.0 Å². The van der Waals surface area contributed by atoms with Crippen LogP contribution >= 0.6 is 11.3 Å². The highest BCUT2D eigenvalue weighted by Gasteiger charge is 2.15. The number of pyridine rings is 1. The quantitative estimate of drug-likeness (QED) is 0.619. The van der Waals surface area contributed by atoms with Gasteiger partial charge in [0.05, 0.1) is 5.56 Å². The topological polar surface area (TPSA) is 171 Å². The molecular weight excluding hydrogens is 332 g/mol. The molecule has 0 atom stereocenters. The zero-order valence-corrected chi connectivity index (χ0v) is 12.9. The minimum absolute atomic E-state index is 0.108. The van der Waals surface area contributed by atoms with Crippen LogP contribution in [0.1, 0.15) is 17.3 Å². The lowest BCUT2D eigenvalue weighted by molar-refractivity contribution is -0.114. The number of primary amides is 1. The van der Waals surface area contributed by atoms with Crippen molar-refractivity contribution < 1.29 is 18.0 Å². The predicted octanol–water partition coefficient (Wildman–Crippen LogP) is -0.676. The first-order valence-corrected chi connectivity index (χ1v) is 7.90. The highest BCUT2D eigenvalue weighted by molar-refractivity contribution is 7.91. The summed E-state index contributed by atoms with van der Waals surface area (Å²) in [5.74, 6) is -0.791. The molecule has 2 amide bonds. The average Bonchev–Trinajstić information content (AvgIpc) is 2.88. The van der Waals surface area contributed by atoms with Crippen molar-refractivity contribution in [1.29, 1.82) is 0 Å². The molecule has 0 fully saturated rings. The number of primary sulfonamides is 1. The lowest BCUT2D eigenvalue weighted by Crippen LogP contribution is -2.11. The number of carbonyl (C=O) groups excluding carboxylic acids is 2. The summed E-state index contributed by atoms with van der Waals surface area (Å²) in [7, 11) is -3.82.